The molecule has 0 spiro atoms. The molecule has 5 rings (SSSR count). The normalized spacial score (nSPS) is 19.0. The number of fused-ring (bicyclic) bond motifs is 1. The van der Waals surface area contributed by atoms with Gasteiger partial charge in [0.2, 0.25) is 0 Å². The van der Waals surface area contributed by atoms with Crippen molar-refractivity contribution in [3.63, 3.8) is 0 Å². The van der Waals surface area contributed by atoms with Crippen molar-refractivity contribution in [1.82, 2.24) is 19.5 Å². The first kappa shape index (κ1) is 25.1. The second-order valence-electron chi connectivity index (χ2n) is 10.4. The van der Waals surface area contributed by atoms with Crippen LogP contribution in [0.15, 0.2) is 73.3 Å². The Morgan fingerprint density at radius 1 is 1.00 bits per heavy atom. The Morgan fingerprint density at radius 3 is 2.31 bits per heavy atom. The van der Waals surface area contributed by atoms with Crippen LogP contribution in [0.2, 0.25) is 10.2 Å². The molecule has 0 aliphatic carbocycles. The highest BCUT2D eigenvalue weighted by molar-refractivity contribution is 6.99. The molecule has 1 saturated heterocycles. The van der Waals surface area contributed by atoms with E-state index in [1.165, 1.54) is 16.7 Å². The smallest absolute Gasteiger partial charge is 0.261 e. The number of aromatic nitrogens is 4. The summed E-state index contributed by atoms with van der Waals surface area (Å²) in [5.74, 6) is 0. The summed E-state index contributed by atoms with van der Waals surface area (Å²) in [5.41, 5.74) is 1.38. The predicted octanol–water partition coefficient (Wildman–Crippen LogP) is 5.17. The number of rotatable bonds is 7. The van der Waals surface area contributed by atoms with Crippen molar-refractivity contribution in [3.8, 4) is 0 Å². The van der Waals surface area contributed by atoms with Crippen LogP contribution in [0, 0.1) is 0 Å². The van der Waals surface area contributed by atoms with Gasteiger partial charge in [-0.3, -0.25) is 0 Å². The molecule has 0 amide bonds. The summed E-state index contributed by atoms with van der Waals surface area (Å²) in [7, 11) is -2.59. The van der Waals surface area contributed by atoms with Gasteiger partial charge in [0.15, 0.2) is 10.8 Å². The first-order chi connectivity index (χ1) is 17.4. The molecule has 8 heteroatoms. The van der Waals surface area contributed by atoms with Gasteiger partial charge in [0, 0.05) is 13.2 Å². The van der Waals surface area contributed by atoms with Crippen LogP contribution < -0.4 is 10.4 Å². The molecular weight excluding hydrogens is 488 g/mol. The Bertz CT molecular complexity index is 1250. The van der Waals surface area contributed by atoms with E-state index < -0.39 is 8.32 Å². The molecule has 0 N–H and O–H groups in total. The summed E-state index contributed by atoms with van der Waals surface area (Å²) < 4.78 is 15.6. The molecule has 4 aromatic rings. The van der Waals surface area contributed by atoms with Gasteiger partial charge in [-0.1, -0.05) is 93.0 Å². The van der Waals surface area contributed by atoms with Gasteiger partial charge in [0.1, 0.15) is 11.8 Å². The zero-order chi connectivity index (χ0) is 25.2. The highest BCUT2D eigenvalue weighted by atomic mass is 35.5. The van der Waals surface area contributed by atoms with E-state index in [-0.39, 0.29) is 17.2 Å². The molecule has 6 nitrogen and oxygen atoms in total. The van der Waals surface area contributed by atoms with Crippen LogP contribution in [-0.2, 0) is 9.16 Å². The molecule has 2 aromatic heterocycles. The fourth-order valence-electron chi connectivity index (χ4n) is 5.57. The van der Waals surface area contributed by atoms with E-state index in [1.807, 2.05) is 6.33 Å². The van der Waals surface area contributed by atoms with Crippen molar-refractivity contribution in [3.05, 3.63) is 78.5 Å². The minimum Gasteiger partial charge on any atom is -0.407 e. The van der Waals surface area contributed by atoms with E-state index in [1.54, 1.807) is 0 Å². The number of hydrogen-bond donors (Lipinski definition) is 0. The summed E-state index contributed by atoms with van der Waals surface area (Å²) in [5, 5.41) is 2.90. The second kappa shape index (κ2) is 10.4. The van der Waals surface area contributed by atoms with Crippen LogP contribution in [0.25, 0.3) is 11.2 Å². The van der Waals surface area contributed by atoms with Crippen LogP contribution in [-0.4, -0.2) is 47.2 Å². The summed E-state index contributed by atoms with van der Waals surface area (Å²) >= 11 is 6.26. The highest BCUT2D eigenvalue weighted by Gasteiger charge is 2.50. The highest BCUT2D eigenvalue weighted by Crippen LogP contribution is 2.37. The quantitative estimate of drug-likeness (QED) is 0.248. The molecule has 1 aliphatic heterocycles. The molecule has 1 fully saturated rings. The van der Waals surface area contributed by atoms with Crippen LogP contribution in [0.5, 0.6) is 0 Å². The molecule has 0 saturated carbocycles. The lowest BCUT2D eigenvalue weighted by Gasteiger charge is -2.43. The zero-order valence-corrected chi connectivity index (χ0v) is 22.9. The maximum absolute atomic E-state index is 7.13. The summed E-state index contributed by atoms with van der Waals surface area (Å²) in [6.45, 7) is 8.28. The van der Waals surface area contributed by atoms with Gasteiger partial charge < -0.3 is 13.7 Å². The third-order valence-electron chi connectivity index (χ3n) is 7.21. The van der Waals surface area contributed by atoms with Gasteiger partial charge in [0.05, 0.1) is 18.5 Å². The first-order valence-corrected chi connectivity index (χ1v) is 14.9. The Labute approximate surface area is 218 Å². The number of halogens is 1. The number of benzene rings is 2. The predicted molar refractivity (Wildman–Crippen MR) is 147 cm³/mol. The van der Waals surface area contributed by atoms with Crippen molar-refractivity contribution in [2.75, 3.05) is 13.2 Å². The summed E-state index contributed by atoms with van der Waals surface area (Å²) in [6.07, 6.45) is 6.09. The molecular formula is C28H33ClN4O2Si. The lowest BCUT2D eigenvalue weighted by Crippen LogP contribution is -2.66. The second-order valence-corrected chi connectivity index (χ2v) is 15.1. The SMILES string of the molecule is CC(C)(C)[Si](OCC[C@@H]1OCCC[C@@H]1n1cnc2c(Cl)ncnc21)(c1ccccc1)c1ccccc1. The van der Waals surface area contributed by atoms with Crippen molar-refractivity contribution >= 4 is 41.5 Å². The van der Waals surface area contributed by atoms with Crippen molar-refractivity contribution in [2.24, 2.45) is 0 Å². The van der Waals surface area contributed by atoms with Crippen molar-refractivity contribution in [1.29, 1.82) is 0 Å². The van der Waals surface area contributed by atoms with Crippen LogP contribution in [0.1, 0.15) is 46.1 Å². The van der Waals surface area contributed by atoms with Gasteiger partial charge >= 0.3 is 0 Å². The molecule has 188 valence electrons. The number of nitrogens with zero attached hydrogens (tertiary/aromatic N) is 4. The molecule has 3 heterocycles. The Kier molecular flexibility index (Phi) is 7.26. The number of ether oxygens (including phenoxy) is 1. The topological polar surface area (TPSA) is 62.1 Å². The largest absolute Gasteiger partial charge is 0.407 e. The molecule has 0 unspecified atom stereocenters. The minimum atomic E-state index is -2.59. The van der Waals surface area contributed by atoms with E-state index in [4.69, 9.17) is 20.8 Å². The van der Waals surface area contributed by atoms with Gasteiger partial charge in [-0.2, -0.15) is 0 Å². The van der Waals surface area contributed by atoms with Gasteiger partial charge in [-0.25, -0.2) is 15.0 Å². The number of hydrogen-bond acceptors (Lipinski definition) is 5. The molecule has 0 radical (unpaired) electrons. The van der Waals surface area contributed by atoms with E-state index >= 15 is 0 Å². The maximum Gasteiger partial charge on any atom is 0.261 e. The average molecular weight is 521 g/mol. The Hall–Kier alpha value is -2.58. The lowest BCUT2D eigenvalue weighted by atomic mass is 10.00. The van der Waals surface area contributed by atoms with Crippen molar-refractivity contribution < 1.29 is 9.16 Å². The number of imidazole rings is 1. The minimum absolute atomic E-state index is 0.00288. The fourth-order valence-corrected chi connectivity index (χ4v) is 10.3. The third-order valence-corrected chi connectivity index (χ3v) is 12.5. The van der Waals surface area contributed by atoms with Crippen LogP contribution in [0.3, 0.4) is 0 Å². The van der Waals surface area contributed by atoms with Gasteiger partial charge in [-0.15, -0.1) is 0 Å². The van der Waals surface area contributed by atoms with E-state index in [9.17, 15) is 0 Å². The van der Waals surface area contributed by atoms with Crippen LogP contribution in [0.4, 0.5) is 0 Å². The third kappa shape index (κ3) is 4.61. The van der Waals surface area contributed by atoms with Crippen molar-refractivity contribution in [2.45, 2.75) is 57.2 Å². The fraction of sp³-hybridized carbons (Fsp3) is 0.393. The molecule has 2 aromatic carbocycles. The molecule has 36 heavy (non-hydrogen) atoms. The lowest BCUT2D eigenvalue weighted by molar-refractivity contribution is -0.0307. The van der Waals surface area contributed by atoms with E-state index in [2.05, 4.69) is 101 Å². The average Bonchev–Trinajstić information content (AvgIpc) is 3.33. The monoisotopic (exact) mass is 520 g/mol. The van der Waals surface area contributed by atoms with Crippen LogP contribution >= 0.6 is 11.6 Å². The molecule has 2 atom stereocenters. The van der Waals surface area contributed by atoms with E-state index in [0.29, 0.717) is 17.3 Å². The first-order valence-electron chi connectivity index (χ1n) is 12.6. The summed E-state index contributed by atoms with van der Waals surface area (Å²) in [4.78, 5) is 13.0. The van der Waals surface area contributed by atoms with Gasteiger partial charge in [0.25, 0.3) is 8.32 Å². The maximum atomic E-state index is 7.13. The standard InChI is InChI=1S/C28H33ClN4O2Si/c1-28(2,3)36(21-11-6-4-7-12-21,22-13-8-5-9-14-22)35-18-16-24-23(15-10-17-34-24)33-20-32-25-26(29)30-19-31-27(25)33/h4-9,11-14,19-20,23-24H,10,15-18H2,1-3H3/t23-,24-/m0/s1. The van der Waals surface area contributed by atoms with Gasteiger partial charge in [-0.05, 0) is 34.7 Å². The Morgan fingerprint density at radius 2 is 1.67 bits per heavy atom. The Balaban J connectivity index is 1.44. The molecule has 1 aliphatic rings. The summed E-state index contributed by atoms with van der Waals surface area (Å²) in [6, 6.07) is 21.6. The van der Waals surface area contributed by atoms with E-state index in [0.717, 1.165) is 31.5 Å². The molecule has 0 bridgehead atoms. The zero-order valence-electron chi connectivity index (χ0n) is 21.1.